The first-order valence-electron chi connectivity index (χ1n) is 16.3. The Morgan fingerprint density at radius 2 is 1.06 bits per heavy atom. The Hall–Kier alpha value is -7.39. The summed E-state index contributed by atoms with van der Waals surface area (Å²) in [6, 6.07) is 55.5. The van der Waals surface area contributed by atoms with E-state index >= 15 is 0 Å². The summed E-state index contributed by atoms with van der Waals surface area (Å²) in [6.07, 6.45) is 0. The van der Waals surface area contributed by atoms with Crippen LogP contribution in [0.2, 0.25) is 0 Å². The highest BCUT2D eigenvalue weighted by Gasteiger charge is 2.21. The summed E-state index contributed by atoms with van der Waals surface area (Å²) in [7, 11) is 0. The van der Waals surface area contributed by atoms with Crippen molar-refractivity contribution >= 4 is 49.3 Å². The molecule has 230 valence electrons. The van der Waals surface area contributed by atoms with Crippen molar-refractivity contribution in [2.75, 3.05) is 0 Å². The molecule has 5 heteroatoms. The first-order chi connectivity index (χ1) is 24.7. The molecule has 0 N–H and O–H groups in total. The van der Waals surface area contributed by atoms with E-state index in [1.54, 1.807) is 6.07 Å². The van der Waals surface area contributed by atoms with Gasteiger partial charge in [-0.3, -0.25) is 0 Å². The Morgan fingerprint density at radius 1 is 0.480 bits per heavy atom. The van der Waals surface area contributed by atoms with Gasteiger partial charge in [-0.25, -0.2) is 4.85 Å². The molecule has 5 nitrogen and oxygen atoms in total. The maximum Gasteiger partial charge on any atom is 0.196 e. The van der Waals surface area contributed by atoms with Crippen LogP contribution in [-0.2, 0) is 0 Å². The molecule has 50 heavy (non-hydrogen) atoms. The van der Waals surface area contributed by atoms with Gasteiger partial charge in [0.15, 0.2) is 5.69 Å². The molecule has 0 saturated carbocycles. The normalized spacial score (nSPS) is 11.1. The largest absolute Gasteiger partial charge is 0.309 e. The second-order valence-corrected chi connectivity index (χ2v) is 12.2. The highest BCUT2D eigenvalue weighted by Crippen LogP contribution is 2.42. The maximum atomic E-state index is 10.8. The first kappa shape index (κ1) is 28.8. The van der Waals surface area contributed by atoms with Crippen LogP contribution in [0.4, 0.5) is 5.69 Å². The van der Waals surface area contributed by atoms with Crippen LogP contribution in [0.1, 0.15) is 11.1 Å². The van der Waals surface area contributed by atoms with Crippen LogP contribution in [0.5, 0.6) is 0 Å². The summed E-state index contributed by atoms with van der Waals surface area (Å²) in [6.45, 7) is 8.13. The summed E-state index contributed by atoms with van der Waals surface area (Å²) in [5.74, 6) is 0. The van der Waals surface area contributed by atoms with E-state index in [2.05, 4.69) is 105 Å². The first-order valence-corrected chi connectivity index (χ1v) is 16.3. The number of aromatic nitrogens is 2. The smallest absolute Gasteiger partial charge is 0.196 e. The Kier molecular flexibility index (Phi) is 6.56. The zero-order chi connectivity index (χ0) is 33.8. The van der Waals surface area contributed by atoms with Gasteiger partial charge in [0.25, 0.3) is 0 Å². The number of fused-ring (bicyclic) bond motifs is 6. The molecule has 0 radical (unpaired) electrons. The summed E-state index contributed by atoms with van der Waals surface area (Å²) in [4.78, 5) is 3.90. The fourth-order valence-corrected chi connectivity index (χ4v) is 7.50. The number of benzene rings is 7. The highest BCUT2D eigenvalue weighted by atomic mass is 15.0. The van der Waals surface area contributed by atoms with E-state index in [1.165, 1.54) is 10.8 Å². The number of para-hydroxylation sites is 4. The Labute approximate surface area is 288 Å². The third-order valence-electron chi connectivity index (χ3n) is 9.62. The summed E-state index contributed by atoms with van der Waals surface area (Å²) >= 11 is 0. The van der Waals surface area contributed by atoms with Crippen LogP contribution < -0.4 is 0 Å². The van der Waals surface area contributed by atoms with Gasteiger partial charge in [-0.2, -0.15) is 10.5 Å². The van der Waals surface area contributed by atoms with Crippen molar-refractivity contribution in [1.29, 1.82) is 10.5 Å². The fourth-order valence-electron chi connectivity index (χ4n) is 7.50. The van der Waals surface area contributed by atoms with E-state index in [0.717, 1.165) is 55.2 Å². The number of nitriles is 2. The standard InChI is InChI=1S/C45H25N5/c1-48-38-22-24-44(50-42-20-9-5-16-35(42)36-25-29(27-46)21-23-43(36)50)37(28-47)45(38)31-12-10-11-30(26-31)32-13-2-6-17-39(32)49-40-18-7-3-14-33(40)34-15-4-8-19-41(34)49/h2-26H. The molecule has 7 aromatic carbocycles. The topological polar surface area (TPSA) is 61.8 Å². The van der Waals surface area contributed by atoms with Crippen molar-refractivity contribution in [3.63, 3.8) is 0 Å². The molecule has 0 saturated heterocycles. The number of hydrogen-bond acceptors (Lipinski definition) is 2. The van der Waals surface area contributed by atoms with Crippen molar-refractivity contribution < 1.29 is 0 Å². The molecule has 2 heterocycles. The Bertz CT molecular complexity index is 2920. The number of rotatable bonds is 4. The molecule has 0 spiro atoms. The van der Waals surface area contributed by atoms with Crippen molar-refractivity contribution in [2.24, 2.45) is 0 Å². The molecular weight excluding hydrogens is 611 g/mol. The molecular formula is C45H25N5. The summed E-state index contributed by atoms with van der Waals surface area (Å²) < 4.78 is 4.39. The maximum absolute atomic E-state index is 10.8. The average Bonchev–Trinajstić information content (AvgIpc) is 3.69. The van der Waals surface area contributed by atoms with Gasteiger partial charge in [0.2, 0.25) is 0 Å². The molecule has 0 unspecified atom stereocenters. The highest BCUT2D eigenvalue weighted by molar-refractivity contribution is 6.11. The lowest BCUT2D eigenvalue weighted by atomic mass is 9.93. The van der Waals surface area contributed by atoms with Gasteiger partial charge in [-0.05, 0) is 65.7 Å². The van der Waals surface area contributed by atoms with E-state index < -0.39 is 0 Å². The van der Waals surface area contributed by atoms with Crippen LogP contribution in [0.3, 0.4) is 0 Å². The van der Waals surface area contributed by atoms with Gasteiger partial charge in [-0.15, -0.1) is 0 Å². The van der Waals surface area contributed by atoms with E-state index in [1.807, 2.05) is 66.7 Å². The van der Waals surface area contributed by atoms with Crippen molar-refractivity contribution in [1.82, 2.24) is 9.13 Å². The molecule has 9 aromatic rings. The van der Waals surface area contributed by atoms with Gasteiger partial charge in [0.1, 0.15) is 6.07 Å². The van der Waals surface area contributed by atoms with Crippen molar-refractivity contribution in [2.45, 2.75) is 0 Å². The zero-order valence-electron chi connectivity index (χ0n) is 26.7. The molecule has 0 aliphatic heterocycles. The molecule has 0 fully saturated rings. The van der Waals surface area contributed by atoms with Gasteiger partial charge < -0.3 is 9.13 Å². The van der Waals surface area contributed by atoms with Gasteiger partial charge in [0, 0.05) is 32.7 Å². The second-order valence-electron chi connectivity index (χ2n) is 12.2. The molecule has 9 rings (SSSR count). The third-order valence-corrected chi connectivity index (χ3v) is 9.62. The van der Waals surface area contributed by atoms with Crippen LogP contribution in [-0.4, -0.2) is 9.13 Å². The minimum absolute atomic E-state index is 0.408. The van der Waals surface area contributed by atoms with E-state index in [0.29, 0.717) is 28.1 Å². The quantitative estimate of drug-likeness (QED) is 0.181. The third kappa shape index (κ3) is 4.24. The lowest BCUT2D eigenvalue weighted by molar-refractivity contribution is 1.17. The number of nitrogens with zero attached hydrogens (tertiary/aromatic N) is 5. The molecule has 0 aliphatic carbocycles. The SMILES string of the molecule is [C-]#[N+]c1ccc(-n2c3ccccc3c3cc(C#N)ccc32)c(C#N)c1-c1cccc(-c2ccccc2-n2c3ccccc3c3ccccc32)c1. The van der Waals surface area contributed by atoms with Gasteiger partial charge in [-0.1, -0.05) is 97.1 Å². The lowest BCUT2D eigenvalue weighted by Gasteiger charge is -2.17. The second kappa shape index (κ2) is 11.4. The minimum atomic E-state index is 0.408. The molecule has 0 aliphatic rings. The zero-order valence-corrected chi connectivity index (χ0v) is 26.7. The Balaban J connectivity index is 1.27. The van der Waals surface area contributed by atoms with Gasteiger partial charge in [0.05, 0.1) is 57.2 Å². The summed E-state index contributed by atoms with van der Waals surface area (Å²) in [5.41, 5.74) is 10.6. The predicted molar refractivity (Wildman–Crippen MR) is 202 cm³/mol. The fraction of sp³-hybridized carbons (Fsp3) is 0. The average molecular weight is 636 g/mol. The monoisotopic (exact) mass is 635 g/mol. The van der Waals surface area contributed by atoms with Crippen LogP contribution >= 0.6 is 0 Å². The van der Waals surface area contributed by atoms with E-state index in [9.17, 15) is 10.5 Å². The number of hydrogen-bond donors (Lipinski definition) is 0. The van der Waals surface area contributed by atoms with Crippen molar-refractivity contribution in [3.05, 3.63) is 174 Å². The van der Waals surface area contributed by atoms with Crippen LogP contribution in [0.25, 0.3) is 82.1 Å². The van der Waals surface area contributed by atoms with E-state index in [4.69, 9.17) is 6.57 Å². The van der Waals surface area contributed by atoms with Crippen LogP contribution in [0, 0.1) is 29.2 Å². The van der Waals surface area contributed by atoms with Crippen LogP contribution in [0.15, 0.2) is 152 Å². The molecule has 0 bridgehead atoms. The lowest BCUT2D eigenvalue weighted by Crippen LogP contribution is -2.00. The predicted octanol–water partition coefficient (Wildman–Crippen LogP) is 11.5. The molecule has 0 amide bonds. The molecule has 0 atom stereocenters. The summed E-state index contributed by atoms with van der Waals surface area (Å²) in [5, 5.41) is 24.8. The van der Waals surface area contributed by atoms with E-state index in [-0.39, 0.29) is 0 Å². The minimum Gasteiger partial charge on any atom is -0.309 e. The Morgan fingerprint density at radius 3 is 1.72 bits per heavy atom. The van der Waals surface area contributed by atoms with Crippen molar-refractivity contribution in [3.8, 4) is 45.8 Å². The van der Waals surface area contributed by atoms with Gasteiger partial charge >= 0.3 is 0 Å². The molecule has 2 aromatic heterocycles.